The van der Waals surface area contributed by atoms with Crippen LogP contribution in [-0.4, -0.2) is 10.3 Å². The first-order valence-corrected chi connectivity index (χ1v) is 7.13. The number of rotatable bonds is 1. The number of nitro groups is 1. The summed E-state index contributed by atoms with van der Waals surface area (Å²) in [7, 11) is 0. The monoisotopic (exact) mass is 282 g/mol. The van der Waals surface area contributed by atoms with Crippen LogP contribution in [0.25, 0.3) is 6.08 Å². The van der Waals surface area contributed by atoms with Crippen molar-refractivity contribution >= 4 is 34.9 Å². The molecule has 2 aliphatic heterocycles. The smallest absolute Gasteiger partial charge is 0.270 e. The van der Waals surface area contributed by atoms with E-state index in [1.807, 2.05) is 24.3 Å². The summed E-state index contributed by atoms with van der Waals surface area (Å²) >= 11 is 1.80. The van der Waals surface area contributed by atoms with Crippen molar-refractivity contribution in [1.82, 2.24) is 0 Å². The molecular formula is C15H10N2O2S. The zero-order valence-corrected chi connectivity index (χ0v) is 11.2. The van der Waals surface area contributed by atoms with Crippen molar-refractivity contribution in [3.05, 3.63) is 64.2 Å². The largest absolute Gasteiger partial charge is 0.323 e. The van der Waals surface area contributed by atoms with Gasteiger partial charge >= 0.3 is 0 Å². The van der Waals surface area contributed by atoms with Crippen LogP contribution in [0.1, 0.15) is 5.56 Å². The number of benzene rings is 2. The standard InChI is InChI=1S/C15H10N2O2S/c18-17(19)11-6-7-12-10(9-11)5-8-15-16(12)13-3-1-2-4-14(13)20-15/h1-9,15H. The molecular weight excluding hydrogens is 272 g/mol. The lowest BCUT2D eigenvalue weighted by molar-refractivity contribution is -0.384. The molecule has 2 aliphatic rings. The van der Waals surface area contributed by atoms with Gasteiger partial charge in [0.1, 0.15) is 5.37 Å². The average molecular weight is 282 g/mol. The zero-order valence-electron chi connectivity index (χ0n) is 10.4. The van der Waals surface area contributed by atoms with Crippen LogP contribution in [-0.2, 0) is 0 Å². The molecule has 2 aromatic rings. The van der Waals surface area contributed by atoms with E-state index >= 15 is 0 Å². The Kier molecular flexibility index (Phi) is 2.37. The van der Waals surface area contributed by atoms with Gasteiger partial charge in [0.2, 0.25) is 0 Å². The van der Waals surface area contributed by atoms with Crippen LogP contribution in [0.3, 0.4) is 0 Å². The lowest BCUT2D eigenvalue weighted by Crippen LogP contribution is -2.25. The van der Waals surface area contributed by atoms with Gasteiger partial charge in [0, 0.05) is 22.6 Å². The third kappa shape index (κ3) is 1.56. The van der Waals surface area contributed by atoms with Crippen LogP contribution in [0.2, 0.25) is 0 Å². The Balaban J connectivity index is 1.88. The van der Waals surface area contributed by atoms with Gasteiger partial charge in [-0.2, -0.15) is 0 Å². The molecule has 0 saturated heterocycles. The molecule has 98 valence electrons. The first-order chi connectivity index (χ1) is 9.74. The topological polar surface area (TPSA) is 46.4 Å². The maximum atomic E-state index is 10.9. The maximum absolute atomic E-state index is 10.9. The third-order valence-electron chi connectivity index (χ3n) is 3.55. The summed E-state index contributed by atoms with van der Waals surface area (Å²) in [4.78, 5) is 14.0. The fraction of sp³-hybridized carbons (Fsp3) is 0.0667. The van der Waals surface area contributed by atoms with Gasteiger partial charge in [-0.3, -0.25) is 10.1 Å². The van der Waals surface area contributed by atoms with E-state index in [9.17, 15) is 10.1 Å². The van der Waals surface area contributed by atoms with E-state index in [0.29, 0.717) is 0 Å². The minimum absolute atomic E-state index is 0.131. The quantitative estimate of drug-likeness (QED) is 0.581. The van der Waals surface area contributed by atoms with Gasteiger partial charge in [-0.25, -0.2) is 0 Å². The van der Waals surface area contributed by atoms with Gasteiger partial charge < -0.3 is 4.90 Å². The SMILES string of the molecule is O=[N+]([O-])c1ccc2c(c1)C=CC1Sc3ccccc3N21. The minimum Gasteiger partial charge on any atom is -0.323 e. The molecule has 0 radical (unpaired) electrons. The number of hydrogen-bond acceptors (Lipinski definition) is 4. The lowest BCUT2D eigenvalue weighted by atomic mass is 10.1. The normalized spacial score (nSPS) is 18.4. The zero-order chi connectivity index (χ0) is 13.7. The molecule has 0 aromatic heterocycles. The molecule has 2 heterocycles. The number of nitrogens with zero attached hydrogens (tertiary/aromatic N) is 2. The second-order valence-electron chi connectivity index (χ2n) is 4.71. The van der Waals surface area contributed by atoms with E-state index in [0.717, 1.165) is 11.3 Å². The van der Waals surface area contributed by atoms with Crippen molar-refractivity contribution in [2.75, 3.05) is 4.90 Å². The number of fused-ring (bicyclic) bond motifs is 5. The van der Waals surface area contributed by atoms with Gasteiger partial charge in [-0.15, -0.1) is 0 Å². The molecule has 0 amide bonds. The molecule has 1 unspecified atom stereocenters. The highest BCUT2D eigenvalue weighted by atomic mass is 32.2. The molecule has 1 atom stereocenters. The molecule has 4 rings (SSSR count). The van der Waals surface area contributed by atoms with E-state index < -0.39 is 0 Å². The summed E-state index contributed by atoms with van der Waals surface area (Å²) in [6, 6.07) is 13.3. The molecule has 5 heteroatoms. The van der Waals surface area contributed by atoms with E-state index in [-0.39, 0.29) is 16.0 Å². The highest BCUT2D eigenvalue weighted by molar-refractivity contribution is 8.00. The van der Waals surface area contributed by atoms with Crippen LogP contribution in [0.15, 0.2) is 53.4 Å². The van der Waals surface area contributed by atoms with Crippen molar-refractivity contribution < 1.29 is 4.92 Å². The predicted octanol–water partition coefficient (Wildman–Crippen LogP) is 4.19. The fourth-order valence-corrected chi connectivity index (χ4v) is 3.86. The van der Waals surface area contributed by atoms with E-state index in [1.54, 1.807) is 23.9 Å². The number of nitro benzene ring substituents is 1. The number of anilines is 2. The van der Waals surface area contributed by atoms with Crippen molar-refractivity contribution in [2.24, 2.45) is 0 Å². The first kappa shape index (κ1) is 11.5. The highest BCUT2D eigenvalue weighted by Gasteiger charge is 2.32. The minimum atomic E-state index is -0.354. The molecule has 4 nitrogen and oxygen atoms in total. The van der Waals surface area contributed by atoms with Crippen LogP contribution >= 0.6 is 11.8 Å². The Hall–Kier alpha value is -2.27. The number of non-ortho nitro benzene ring substituents is 1. The van der Waals surface area contributed by atoms with E-state index in [4.69, 9.17) is 0 Å². The molecule has 0 aliphatic carbocycles. The van der Waals surface area contributed by atoms with Crippen molar-refractivity contribution in [3.63, 3.8) is 0 Å². The molecule has 2 aromatic carbocycles. The van der Waals surface area contributed by atoms with Crippen LogP contribution in [0, 0.1) is 10.1 Å². The van der Waals surface area contributed by atoms with Crippen LogP contribution in [0.4, 0.5) is 17.1 Å². The first-order valence-electron chi connectivity index (χ1n) is 6.25. The second-order valence-corrected chi connectivity index (χ2v) is 5.86. The molecule has 0 N–H and O–H groups in total. The van der Waals surface area contributed by atoms with Crippen LogP contribution < -0.4 is 4.90 Å². The maximum Gasteiger partial charge on any atom is 0.270 e. The third-order valence-corrected chi connectivity index (χ3v) is 4.76. The number of hydrogen-bond donors (Lipinski definition) is 0. The van der Waals surface area contributed by atoms with Gasteiger partial charge in [-0.05, 0) is 18.2 Å². The molecule has 0 bridgehead atoms. The highest BCUT2D eigenvalue weighted by Crippen LogP contribution is 2.50. The number of thioether (sulfide) groups is 1. The molecule has 0 saturated carbocycles. The Bertz CT molecular complexity index is 757. The van der Waals surface area contributed by atoms with Crippen LogP contribution in [0.5, 0.6) is 0 Å². The van der Waals surface area contributed by atoms with Gasteiger partial charge in [0.05, 0.1) is 16.3 Å². The summed E-state index contributed by atoms with van der Waals surface area (Å²) in [5, 5.41) is 11.1. The summed E-state index contributed by atoms with van der Waals surface area (Å²) < 4.78 is 0. The van der Waals surface area contributed by atoms with Crippen molar-refractivity contribution in [1.29, 1.82) is 0 Å². The fourth-order valence-electron chi connectivity index (χ4n) is 2.66. The van der Waals surface area contributed by atoms with Gasteiger partial charge in [-0.1, -0.05) is 36.0 Å². The molecule has 0 fully saturated rings. The van der Waals surface area contributed by atoms with Gasteiger partial charge in [0.15, 0.2) is 0 Å². The van der Waals surface area contributed by atoms with Crippen molar-refractivity contribution in [3.8, 4) is 0 Å². The average Bonchev–Trinajstić information content (AvgIpc) is 2.85. The summed E-state index contributed by atoms with van der Waals surface area (Å²) in [6.07, 6.45) is 4.07. The Morgan fingerprint density at radius 3 is 2.85 bits per heavy atom. The Morgan fingerprint density at radius 1 is 1.15 bits per heavy atom. The summed E-state index contributed by atoms with van der Waals surface area (Å²) in [6.45, 7) is 0. The predicted molar refractivity (Wildman–Crippen MR) is 80.4 cm³/mol. The number of para-hydroxylation sites is 1. The second kappa shape index (κ2) is 4.11. The molecule has 20 heavy (non-hydrogen) atoms. The van der Waals surface area contributed by atoms with Crippen molar-refractivity contribution in [2.45, 2.75) is 10.3 Å². The summed E-state index contributed by atoms with van der Waals surface area (Å²) in [5.41, 5.74) is 3.22. The van der Waals surface area contributed by atoms with Gasteiger partial charge in [0.25, 0.3) is 5.69 Å². The van der Waals surface area contributed by atoms with E-state index in [1.165, 1.54) is 10.6 Å². The Labute approximate surface area is 119 Å². The molecule has 0 spiro atoms. The Morgan fingerprint density at radius 2 is 2.00 bits per heavy atom. The summed E-state index contributed by atoms with van der Waals surface area (Å²) in [5.74, 6) is 0. The van der Waals surface area contributed by atoms with E-state index in [2.05, 4.69) is 23.1 Å². The lowest BCUT2D eigenvalue weighted by Gasteiger charge is -2.29.